The van der Waals surface area contributed by atoms with Crippen LogP contribution in [0.1, 0.15) is 30.9 Å². The number of aliphatic hydroxyl groups is 1. The van der Waals surface area contributed by atoms with Crippen LogP contribution in [0.4, 0.5) is 5.69 Å². The Balaban J connectivity index is 2.17. The minimum Gasteiger partial charge on any atom is -0.392 e. The second-order valence-corrected chi connectivity index (χ2v) is 4.96. The van der Waals surface area contributed by atoms with Crippen molar-refractivity contribution in [2.45, 2.75) is 33.3 Å². The predicted molar refractivity (Wildman–Crippen MR) is 67.7 cm³/mol. The van der Waals surface area contributed by atoms with E-state index in [9.17, 15) is 0 Å². The molecule has 0 aromatic heterocycles. The summed E-state index contributed by atoms with van der Waals surface area (Å²) in [7, 11) is 0. The molecule has 1 aromatic carbocycles. The lowest BCUT2D eigenvalue weighted by atomic mass is 9.99. The van der Waals surface area contributed by atoms with Crippen LogP contribution in [0.5, 0.6) is 0 Å². The van der Waals surface area contributed by atoms with Crippen molar-refractivity contribution in [3.8, 4) is 0 Å². The summed E-state index contributed by atoms with van der Waals surface area (Å²) in [6.45, 7) is 6.87. The lowest BCUT2D eigenvalue weighted by Crippen LogP contribution is -2.34. The SMILES string of the molecule is Cc1cc(N2CCCC(C)C2)ccc1CO. The highest BCUT2D eigenvalue weighted by atomic mass is 16.3. The highest BCUT2D eigenvalue weighted by molar-refractivity contribution is 5.51. The number of benzene rings is 1. The molecule has 1 aromatic rings. The molecule has 1 saturated heterocycles. The lowest BCUT2D eigenvalue weighted by molar-refractivity contribution is 0.281. The Morgan fingerprint density at radius 2 is 2.25 bits per heavy atom. The van der Waals surface area contributed by atoms with E-state index >= 15 is 0 Å². The van der Waals surface area contributed by atoms with Crippen molar-refractivity contribution >= 4 is 5.69 Å². The van der Waals surface area contributed by atoms with Gasteiger partial charge in [0.2, 0.25) is 0 Å². The molecule has 2 rings (SSSR count). The van der Waals surface area contributed by atoms with E-state index < -0.39 is 0 Å². The van der Waals surface area contributed by atoms with E-state index in [0.717, 1.165) is 18.0 Å². The highest BCUT2D eigenvalue weighted by Crippen LogP contribution is 2.24. The third kappa shape index (κ3) is 2.38. The summed E-state index contributed by atoms with van der Waals surface area (Å²) in [5, 5.41) is 9.15. The first-order valence-corrected chi connectivity index (χ1v) is 6.16. The average Bonchev–Trinajstić information content (AvgIpc) is 2.29. The Kier molecular flexibility index (Phi) is 3.49. The van der Waals surface area contributed by atoms with Crippen LogP contribution >= 0.6 is 0 Å². The van der Waals surface area contributed by atoms with Crippen LogP contribution in [0.15, 0.2) is 18.2 Å². The molecule has 1 atom stereocenters. The zero-order valence-corrected chi connectivity index (χ0v) is 10.2. The third-order valence-corrected chi connectivity index (χ3v) is 3.52. The van der Waals surface area contributed by atoms with Gasteiger partial charge in [-0.25, -0.2) is 0 Å². The van der Waals surface area contributed by atoms with Crippen molar-refractivity contribution in [2.75, 3.05) is 18.0 Å². The minimum absolute atomic E-state index is 0.141. The van der Waals surface area contributed by atoms with Gasteiger partial charge >= 0.3 is 0 Å². The van der Waals surface area contributed by atoms with E-state index in [2.05, 4.69) is 30.9 Å². The van der Waals surface area contributed by atoms with Gasteiger partial charge in [-0.15, -0.1) is 0 Å². The minimum atomic E-state index is 0.141. The normalized spacial score (nSPS) is 21.2. The summed E-state index contributed by atoms with van der Waals surface area (Å²) in [4.78, 5) is 2.46. The molecular formula is C14H21NO. The van der Waals surface area contributed by atoms with E-state index in [1.807, 2.05) is 6.07 Å². The Bertz CT molecular complexity index is 362. The Hall–Kier alpha value is -1.02. The summed E-state index contributed by atoms with van der Waals surface area (Å²) >= 11 is 0. The molecule has 2 heteroatoms. The molecule has 1 N–H and O–H groups in total. The third-order valence-electron chi connectivity index (χ3n) is 3.52. The first-order chi connectivity index (χ1) is 7.70. The molecule has 1 fully saturated rings. The van der Waals surface area contributed by atoms with Crippen molar-refractivity contribution in [3.05, 3.63) is 29.3 Å². The van der Waals surface area contributed by atoms with Crippen molar-refractivity contribution in [2.24, 2.45) is 5.92 Å². The lowest BCUT2D eigenvalue weighted by Gasteiger charge is -2.33. The summed E-state index contributed by atoms with van der Waals surface area (Å²) < 4.78 is 0. The topological polar surface area (TPSA) is 23.5 Å². The maximum Gasteiger partial charge on any atom is 0.0684 e. The van der Waals surface area contributed by atoms with Gasteiger partial charge < -0.3 is 10.0 Å². The average molecular weight is 219 g/mol. The van der Waals surface area contributed by atoms with Crippen LogP contribution in [0, 0.1) is 12.8 Å². The maximum atomic E-state index is 9.15. The largest absolute Gasteiger partial charge is 0.392 e. The van der Waals surface area contributed by atoms with Crippen LogP contribution in [-0.2, 0) is 6.61 Å². The van der Waals surface area contributed by atoms with Crippen molar-refractivity contribution in [1.82, 2.24) is 0 Å². The number of rotatable bonds is 2. The molecule has 0 amide bonds. The first-order valence-electron chi connectivity index (χ1n) is 6.16. The summed E-state index contributed by atoms with van der Waals surface area (Å²) in [5.74, 6) is 0.798. The molecule has 0 saturated carbocycles. The number of hydrogen-bond acceptors (Lipinski definition) is 2. The highest BCUT2D eigenvalue weighted by Gasteiger charge is 2.16. The van der Waals surface area contributed by atoms with E-state index in [1.165, 1.54) is 30.6 Å². The van der Waals surface area contributed by atoms with Crippen molar-refractivity contribution < 1.29 is 5.11 Å². The number of piperidine rings is 1. The van der Waals surface area contributed by atoms with Crippen molar-refractivity contribution in [3.63, 3.8) is 0 Å². The zero-order chi connectivity index (χ0) is 11.5. The second-order valence-electron chi connectivity index (χ2n) is 4.96. The molecule has 0 radical (unpaired) electrons. The van der Waals surface area contributed by atoms with Crippen LogP contribution in [0.3, 0.4) is 0 Å². The fourth-order valence-corrected chi connectivity index (χ4v) is 2.48. The van der Waals surface area contributed by atoms with E-state index in [1.54, 1.807) is 0 Å². The van der Waals surface area contributed by atoms with Crippen LogP contribution in [0.2, 0.25) is 0 Å². The van der Waals surface area contributed by atoms with Crippen molar-refractivity contribution in [1.29, 1.82) is 0 Å². The quantitative estimate of drug-likeness (QED) is 0.826. The molecule has 2 nitrogen and oxygen atoms in total. The van der Waals surface area contributed by atoms with Gasteiger partial charge in [0.05, 0.1) is 6.61 Å². The molecule has 1 heterocycles. The molecule has 88 valence electrons. The predicted octanol–water partition coefficient (Wildman–Crippen LogP) is 2.72. The standard InChI is InChI=1S/C14H21NO/c1-11-4-3-7-15(9-11)14-6-5-13(10-16)12(2)8-14/h5-6,8,11,16H,3-4,7,9-10H2,1-2H3. The van der Waals surface area contributed by atoms with Gasteiger partial charge in [0.1, 0.15) is 0 Å². The van der Waals surface area contributed by atoms with E-state index in [4.69, 9.17) is 5.11 Å². The molecule has 1 unspecified atom stereocenters. The number of aliphatic hydroxyl groups excluding tert-OH is 1. The molecule has 0 spiro atoms. The summed E-state index contributed by atoms with van der Waals surface area (Å²) in [6.07, 6.45) is 2.65. The number of nitrogens with zero attached hydrogens (tertiary/aromatic N) is 1. The Morgan fingerprint density at radius 1 is 1.44 bits per heavy atom. The molecule has 0 bridgehead atoms. The summed E-state index contributed by atoms with van der Waals surface area (Å²) in [6, 6.07) is 6.38. The van der Waals surface area contributed by atoms with Gasteiger partial charge in [-0.3, -0.25) is 0 Å². The molecular weight excluding hydrogens is 198 g/mol. The smallest absolute Gasteiger partial charge is 0.0684 e. The zero-order valence-electron chi connectivity index (χ0n) is 10.2. The molecule has 16 heavy (non-hydrogen) atoms. The Morgan fingerprint density at radius 3 is 2.88 bits per heavy atom. The van der Waals surface area contributed by atoms with Crippen LogP contribution in [0.25, 0.3) is 0 Å². The summed E-state index contributed by atoms with van der Waals surface area (Å²) in [5.41, 5.74) is 3.54. The van der Waals surface area contributed by atoms with Crippen LogP contribution in [-0.4, -0.2) is 18.2 Å². The van der Waals surface area contributed by atoms with Crippen LogP contribution < -0.4 is 4.90 Å². The van der Waals surface area contributed by atoms with Gasteiger partial charge in [-0.05, 0) is 48.9 Å². The van der Waals surface area contributed by atoms with Gasteiger partial charge in [-0.1, -0.05) is 13.0 Å². The number of hydrogen-bond donors (Lipinski definition) is 1. The second kappa shape index (κ2) is 4.88. The van der Waals surface area contributed by atoms with Gasteiger partial charge in [0.15, 0.2) is 0 Å². The maximum absolute atomic E-state index is 9.15. The van der Waals surface area contributed by atoms with Gasteiger partial charge in [0, 0.05) is 18.8 Å². The fourth-order valence-electron chi connectivity index (χ4n) is 2.48. The fraction of sp³-hybridized carbons (Fsp3) is 0.571. The van der Waals surface area contributed by atoms with E-state index in [-0.39, 0.29) is 6.61 Å². The molecule has 1 aliphatic heterocycles. The van der Waals surface area contributed by atoms with Gasteiger partial charge in [0.25, 0.3) is 0 Å². The number of anilines is 1. The van der Waals surface area contributed by atoms with Gasteiger partial charge in [-0.2, -0.15) is 0 Å². The molecule has 0 aliphatic carbocycles. The monoisotopic (exact) mass is 219 g/mol. The van der Waals surface area contributed by atoms with E-state index in [0.29, 0.717) is 0 Å². The Labute approximate surface area is 97.9 Å². The number of aryl methyl sites for hydroxylation is 1. The molecule has 1 aliphatic rings. The first kappa shape index (κ1) is 11.5.